The van der Waals surface area contributed by atoms with Crippen molar-refractivity contribution in [2.75, 3.05) is 11.8 Å². The number of aromatic carboxylic acids is 1. The number of hydrogen-bond donors (Lipinski definition) is 2. The number of anilines is 1. The molecule has 2 aromatic rings. The SMILES string of the molecule is COc1ccccc1S(=O)(=O)Nc1ncccc1C(=O)O. The molecule has 0 radical (unpaired) electrons. The van der Waals surface area contributed by atoms with Crippen molar-refractivity contribution in [3.05, 3.63) is 48.2 Å². The fraction of sp³-hybridized carbons (Fsp3) is 0.0769. The van der Waals surface area contributed by atoms with Crippen molar-refractivity contribution in [2.24, 2.45) is 0 Å². The van der Waals surface area contributed by atoms with Gasteiger partial charge in [-0.25, -0.2) is 18.2 Å². The van der Waals surface area contributed by atoms with Gasteiger partial charge in [0.15, 0.2) is 5.82 Å². The molecule has 0 atom stereocenters. The third-order valence-corrected chi connectivity index (χ3v) is 4.01. The molecule has 1 aromatic carbocycles. The Morgan fingerprint density at radius 2 is 1.95 bits per heavy atom. The summed E-state index contributed by atoms with van der Waals surface area (Å²) in [5.74, 6) is -1.38. The fourth-order valence-corrected chi connectivity index (χ4v) is 2.88. The van der Waals surface area contributed by atoms with Crippen LogP contribution in [0, 0.1) is 0 Å². The van der Waals surface area contributed by atoms with E-state index in [4.69, 9.17) is 9.84 Å². The van der Waals surface area contributed by atoms with E-state index in [0.717, 1.165) is 0 Å². The first-order chi connectivity index (χ1) is 9.95. The molecule has 0 saturated heterocycles. The molecule has 2 N–H and O–H groups in total. The minimum atomic E-state index is -4.01. The predicted molar refractivity (Wildman–Crippen MR) is 75.0 cm³/mol. The molecule has 0 saturated carbocycles. The molecule has 1 heterocycles. The molecule has 0 aliphatic carbocycles. The van der Waals surface area contributed by atoms with Gasteiger partial charge in [0.1, 0.15) is 16.2 Å². The van der Waals surface area contributed by atoms with Crippen molar-refractivity contribution in [3.63, 3.8) is 0 Å². The van der Waals surface area contributed by atoms with Crippen LogP contribution in [0.5, 0.6) is 5.75 Å². The third-order valence-electron chi connectivity index (χ3n) is 2.63. The van der Waals surface area contributed by atoms with Gasteiger partial charge in [-0.1, -0.05) is 12.1 Å². The molecule has 0 aliphatic rings. The lowest BCUT2D eigenvalue weighted by Gasteiger charge is -2.11. The van der Waals surface area contributed by atoms with Crippen LogP contribution in [0.15, 0.2) is 47.5 Å². The Labute approximate surface area is 121 Å². The first-order valence-electron chi connectivity index (χ1n) is 5.80. The van der Waals surface area contributed by atoms with E-state index < -0.39 is 16.0 Å². The topological polar surface area (TPSA) is 106 Å². The molecule has 0 amide bonds. The summed E-state index contributed by atoms with van der Waals surface area (Å²) >= 11 is 0. The molecule has 1 aromatic heterocycles. The zero-order chi connectivity index (χ0) is 15.5. The largest absolute Gasteiger partial charge is 0.495 e. The number of methoxy groups -OCH3 is 1. The molecule has 110 valence electrons. The number of nitrogens with one attached hydrogen (secondary N) is 1. The average molecular weight is 308 g/mol. The maximum atomic E-state index is 12.3. The van der Waals surface area contributed by atoms with Gasteiger partial charge in [-0.2, -0.15) is 0 Å². The van der Waals surface area contributed by atoms with Gasteiger partial charge in [-0.05, 0) is 24.3 Å². The number of carboxylic acid groups (broad SMARTS) is 1. The van der Waals surface area contributed by atoms with E-state index in [0.29, 0.717) is 0 Å². The molecule has 0 bridgehead atoms. The van der Waals surface area contributed by atoms with Crippen molar-refractivity contribution in [2.45, 2.75) is 4.90 Å². The second-order valence-corrected chi connectivity index (χ2v) is 5.61. The Morgan fingerprint density at radius 1 is 1.24 bits per heavy atom. The Balaban J connectivity index is 2.45. The smallest absolute Gasteiger partial charge is 0.339 e. The summed E-state index contributed by atoms with van der Waals surface area (Å²) in [7, 11) is -2.67. The number of ether oxygens (including phenoxy) is 1. The molecule has 21 heavy (non-hydrogen) atoms. The molecule has 0 aliphatic heterocycles. The lowest BCUT2D eigenvalue weighted by atomic mass is 10.3. The van der Waals surface area contributed by atoms with Gasteiger partial charge in [0.2, 0.25) is 0 Å². The van der Waals surface area contributed by atoms with Crippen LogP contribution >= 0.6 is 0 Å². The van der Waals surface area contributed by atoms with E-state index in [1.54, 1.807) is 6.07 Å². The highest BCUT2D eigenvalue weighted by atomic mass is 32.2. The quantitative estimate of drug-likeness (QED) is 0.869. The van der Waals surface area contributed by atoms with Gasteiger partial charge in [-0.15, -0.1) is 0 Å². The van der Waals surface area contributed by atoms with E-state index in [2.05, 4.69) is 9.71 Å². The second-order valence-electron chi connectivity index (χ2n) is 3.96. The van der Waals surface area contributed by atoms with Gasteiger partial charge in [-0.3, -0.25) is 4.72 Å². The van der Waals surface area contributed by atoms with Gasteiger partial charge >= 0.3 is 5.97 Å². The summed E-state index contributed by atoms with van der Waals surface area (Å²) < 4.78 is 31.8. The Bertz CT molecular complexity index is 774. The second kappa shape index (κ2) is 5.80. The van der Waals surface area contributed by atoms with E-state index in [1.807, 2.05) is 0 Å². The third kappa shape index (κ3) is 3.11. The lowest BCUT2D eigenvalue weighted by Crippen LogP contribution is -2.17. The molecule has 2 rings (SSSR count). The summed E-state index contributed by atoms with van der Waals surface area (Å²) in [5, 5.41) is 9.03. The normalized spacial score (nSPS) is 10.9. The van der Waals surface area contributed by atoms with Crippen molar-refractivity contribution in [1.82, 2.24) is 4.98 Å². The highest BCUT2D eigenvalue weighted by Crippen LogP contribution is 2.25. The summed E-state index contributed by atoms with van der Waals surface area (Å²) in [6, 6.07) is 8.67. The first kappa shape index (κ1) is 14.8. The fourth-order valence-electron chi connectivity index (χ4n) is 1.68. The summed E-state index contributed by atoms with van der Waals surface area (Å²) in [6.07, 6.45) is 1.30. The number of aromatic nitrogens is 1. The maximum absolute atomic E-state index is 12.3. The number of pyridine rings is 1. The Kier molecular flexibility index (Phi) is 4.08. The predicted octanol–water partition coefficient (Wildman–Crippen LogP) is 1.59. The van der Waals surface area contributed by atoms with Gasteiger partial charge < -0.3 is 9.84 Å². The van der Waals surface area contributed by atoms with Crippen molar-refractivity contribution in [3.8, 4) is 5.75 Å². The summed E-state index contributed by atoms with van der Waals surface area (Å²) in [4.78, 5) is 14.7. The number of para-hydroxylation sites is 1. The van der Waals surface area contributed by atoms with Gasteiger partial charge in [0.05, 0.1) is 7.11 Å². The number of sulfonamides is 1. The highest BCUT2D eigenvalue weighted by Gasteiger charge is 2.22. The van der Waals surface area contributed by atoms with Crippen LogP contribution in [-0.2, 0) is 10.0 Å². The number of hydrogen-bond acceptors (Lipinski definition) is 5. The van der Waals surface area contributed by atoms with E-state index in [9.17, 15) is 13.2 Å². The standard InChI is InChI=1S/C13H12N2O5S/c1-20-10-6-2-3-7-11(10)21(18,19)15-12-9(13(16)17)5-4-8-14-12/h2-8H,1H3,(H,14,15)(H,16,17). The zero-order valence-electron chi connectivity index (χ0n) is 11.0. The van der Waals surface area contributed by atoms with Crippen molar-refractivity contribution >= 4 is 21.8 Å². The minimum Gasteiger partial charge on any atom is -0.495 e. The minimum absolute atomic E-state index is 0.102. The van der Waals surface area contributed by atoms with Crippen molar-refractivity contribution in [1.29, 1.82) is 0 Å². The molecule has 7 nitrogen and oxygen atoms in total. The number of benzene rings is 1. The number of rotatable bonds is 5. The van der Waals surface area contributed by atoms with Crippen LogP contribution in [0.25, 0.3) is 0 Å². The highest BCUT2D eigenvalue weighted by molar-refractivity contribution is 7.92. The van der Waals surface area contributed by atoms with Crippen LogP contribution in [-0.4, -0.2) is 31.6 Å². The van der Waals surface area contributed by atoms with Gasteiger partial charge in [0.25, 0.3) is 10.0 Å². The monoisotopic (exact) mass is 308 g/mol. The van der Waals surface area contributed by atoms with E-state index in [-0.39, 0.29) is 22.0 Å². The average Bonchev–Trinajstić information content (AvgIpc) is 2.47. The van der Waals surface area contributed by atoms with E-state index in [1.165, 1.54) is 43.6 Å². The number of nitrogens with zero attached hydrogens (tertiary/aromatic N) is 1. The van der Waals surface area contributed by atoms with Crippen LogP contribution in [0.3, 0.4) is 0 Å². The van der Waals surface area contributed by atoms with E-state index >= 15 is 0 Å². The molecule has 0 unspecified atom stereocenters. The first-order valence-corrected chi connectivity index (χ1v) is 7.28. The number of carboxylic acids is 1. The zero-order valence-corrected chi connectivity index (χ0v) is 11.8. The maximum Gasteiger partial charge on any atom is 0.339 e. The van der Waals surface area contributed by atoms with Crippen molar-refractivity contribution < 1.29 is 23.1 Å². The van der Waals surface area contributed by atoms with Gasteiger partial charge in [0, 0.05) is 6.20 Å². The summed E-state index contributed by atoms with van der Waals surface area (Å²) in [6.45, 7) is 0. The van der Waals surface area contributed by atoms with Crippen LogP contribution in [0.2, 0.25) is 0 Å². The molecule has 0 spiro atoms. The van der Waals surface area contributed by atoms with Crippen LogP contribution < -0.4 is 9.46 Å². The molecule has 0 fully saturated rings. The number of carbonyl (C=O) groups is 1. The Morgan fingerprint density at radius 3 is 2.62 bits per heavy atom. The molecular weight excluding hydrogens is 296 g/mol. The summed E-state index contributed by atoms with van der Waals surface area (Å²) in [5.41, 5.74) is -0.240. The van der Waals surface area contributed by atoms with Crippen LogP contribution in [0.4, 0.5) is 5.82 Å². The molecule has 8 heteroatoms. The lowest BCUT2D eigenvalue weighted by molar-refractivity contribution is 0.0697. The van der Waals surface area contributed by atoms with Crippen LogP contribution in [0.1, 0.15) is 10.4 Å². The molecular formula is C13H12N2O5S. The Hall–Kier alpha value is -2.61.